The zero-order valence-corrected chi connectivity index (χ0v) is 10.1. The van der Waals surface area contributed by atoms with Crippen molar-refractivity contribution in [2.45, 2.75) is 19.1 Å². The minimum Gasteiger partial charge on any atom is -0.358 e. The molecule has 1 aliphatic heterocycles. The number of rotatable bonds is 1. The average Bonchev–Trinajstić information content (AvgIpc) is 2.85. The number of hydrogen-bond donors (Lipinski definition) is 0. The molecule has 2 aromatic heterocycles. The maximum Gasteiger partial charge on any atom is 0.166 e. The Kier molecular flexibility index (Phi) is 2.32. The van der Waals surface area contributed by atoms with Crippen LogP contribution in [0, 0.1) is 3.70 Å². The Bertz CT molecular complexity index is 492. The summed E-state index contributed by atoms with van der Waals surface area (Å²) in [6, 6.07) is 0. The topological polar surface area (TPSA) is 52.8 Å². The summed E-state index contributed by atoms with van der Waals surface area (Å²) in [4.78, 5) is 12.7. The molecule has 1 fully saturated rings. The fraction of sp³-hybridized carbons (Fsp3) is 0.444. The fourth-order valence-corrected chi connectivity index (χ4v) is 2.32. The van der Waals surface area contributed by atoms with Crippen molar-refractivity contribution in [2.24, 2.45) is 0 Å². The molecule has 1 saturated heterocycles. The molecule has 0 unspecified atom stereocenters. The average molecular weight is 316 g/mol. The van der Waals surface area contributed by atoms with Crippen molar-refractivity contribution < 1.29 is 4.74 Å². The molecule has 0 aliphatic carbocycles. The molecule has 0 N–H and O–H groups in total. The fourth-order valence-electron chi connectivity index (χ4n) is 1.81. The van der Waals surface area contributed by atoms with Crippen LogP contribution in [-0.4, -0.2) is 26.1 Å². The van der Waals surface area contributed by atoms with Gasteiger partial charge in [0.05, 0.1) is 6.33 Å². The van der Waals surface area contributed by atoms with Gasteiger partial charge in [0.1, 0.15) is 21.8 Å². The van der Waals surface area contributed by atoms with E-state index in [9.17, 15) is 0 Å². The first-order chi connectivity index (χ1) is 7.36. The van der Waals surface area contributed by atoms with Crippen molar-refractivity contribution in [3.8, 4) is 0 Å². The van der Waals surface area contributed by atoms with Gasteiger partial charge in [-0.25, -0.2) is 15.0 Å². The molecule has 3 heterocycles. The first-order valence-electron chi connectivity index (χ1n) is 4.81. The van der Waals surface area contributed by atoms with Crippen molar-refractivity contribution >= 4 is 33.8 Å². The summed E-state index contributed by atoms with van der Waals surface area (Å²) in [5.41, 5.74) is 1.72. The maximum absolute atomic E-state index is 5.61. The third-order valence-electron chi connectivity index (χ3n) is 2.53. The lowest BCUT2D eigenvalue weighted by Crippen LogP contribution is -2.06. The lowest BCUT2D eigenvalue weighted by atomic mass is 10.3. The summed E-state index contributed by atoms with van der Waals surface area (Å²) in [5, 5.41) is 0. The molecule has 1 aliphatic rings. The largest absolute Gasteiger partial charge is 0.358 e. The van der Waals surface area contributed by atoms with Crippen LogP contribution in [0.15, 0.2) is 12.7 Å². The highest BCUT2D eigenvalue weighted by atomic mass is 127. The standard InChI is InChI=1S/C9H9IN4O/c10-8-7-9(12-4-11-8)14(5-13-7)6-2-1-3-15-6/h4-6H,1-3H2/t6-/m1/s1. The van der Waals surface area contributed by atoms with E-state index >= 15 is 0 Å². The molecule has 5 nitrogen and oxygen atoms in total. The minimum atomic E-state index is 0.0979. The van der Waals surface area contributed by atoms with Crippen LogP contribution in [0.5, 0.6) is 0 Å². The van der Waals surface area contributed by atoms with Crippen molar-refractivity contribution in [3.05, 3.63) is 16.4 Å². The van der Waals surface area contributed by atoms with Crippen molar-refractivity contribution in [1.29, 1.82) is 0 Å². The van der Waals surface area contributed by atoms with E-state index in [4.69, 9.17) is 4.74 Å². The van der Waals surface area contributed by atoms with E-state index < -0.39 is 0 Å². The van der Waals surface area contributed by atoms with Crippen LogP contribution in [-0.2, 0) is 4.74 Å². The summed E-state index contributed by atoms with van der Waals surface area (Å²) in [5.74, 6) is 0. The van der Waals surface area contributed by atoms with Crippen LogP contribution >= 0.6 is 22.6 Å². The molecule has 0 amide bonds. The third-order valence-corrected chi connectivity index (χ3v) is 3.32. The zero-order chi connectivity index (χ0) is 10.3. The monoisotopic (exact) mass is 316 g/mol. The minimum absolute atomic E-state index is 0.0979. The van der Waals surface area contributed by atoms with E-state index in [-0.39, 0.29) is 6.23 Å². The number of hydrogen-bond acceptors (Lipinski definition) is 4. The van der Waals surface area contributed by atoms with E-state index in [1.807, 2.05) is 4.57 Å². The van der Waals surface area contributed by atoms with E-state index in [0.29, 0.717) is 0 Å². The number of halogens is 1. The normalized spacial score (nSPS) is 21.3. The molecule has 0 saturated carbocycles. The SMILES string of the molecule is Ic1ncnc2c1ncn2[C@H]1CCCO1. The van der Waals surface area contributed by atoms with Crippen LogP contribution in [0.25, 0.3) is 11.2 Å². The predicted octanol–water partition coefficient (Wildman–Crippen LogP) is 1.74. The Morgan fingerprint density at radius 3 is 3.13 bits per heavy atom. The van der Waals surface area contributed by atoms with E-state index in [0.717, 1.165) is 34.3 Å². The molecule has 0 aromatic carbocycles. The molecule has 0 bridgehead atoms. The Morgan fingerprint density at radius 2 is 2.33 bits per heavy atom. The van der Waals surface area contributed by atoms with Gasteiger partial charge in [-0.3, -0.25) is 4.57 Å². The van der Waals surface area contributed by atoms with E-state index in [2.05, 4.69) is 37.5 Å². The van der Waals surface area contributed by atoms with Crippen LogP contribution < -0.4 is 0 Å². The number of ether oxygens (including phenoxy) is 1. The number of fused-ring (bicyclic) bond motifs is 1. The summed E-state index contributed by atoms with van der Waals surface area (Å²) in [7, 11) is 0. The van der Waals surface area contributed by atoms with E-state index in [1.54, 1.807) is 12.7 Å². The molecule has 0 radical (unpaired) electrons. The van der Waals surface area contributed by atoms with Gasteiger partial charge in [-0.05, 0) is 35.4 Å². The molecule has 6 heteroatoms. The lowest BCUT2D eigenvalue weighted by Gasteiger charge is -2.10. The second-order valence-corrected chi connectivity index (χ2v) is 4.48. The molecule has 0 spiro atoms. The van der Waals surface area contributed by atoms with Crippen LogP contribution in [0.4, 0.5) is 0 Å². The summed E-state index contributed by atoms with van der Waals surface area (Å²) in [6.45, 7) is 0.826. The van der Waals surface area contributed by atoms with Gasteiger partial charge < -0.3 is 4.74 Å². The quantitative estimate of drug-likeness (QED) is 0.594. The Hall–Kier alpha value is -0.760. The molecule has 78 valence electrons. The maximum atomic E-state index is 5.61. The lowest BCUT2D eigenvalue weighted by molar-refractivity contribution is 0.0593. The van der Waals surface area contributed by atoms with Gasteiger partial charge in [0.25, 0.3) is 0 Å². The molecule has 3 rings (SSSR count). The van der Waals surface area contributed by atoms with Gasteiger partial charge >= 0.3 is 0 Å². The Morgan fingerprint density at radius 1 is 1.40 bits per heavy atom. The molecular formula is C9H9IN4O. The Balaban J connectivity index is 2.15. The second kappa shape index (κ2) is 3.67. The van der Waals surface area contributed by atoms with Crippen LogP contribution in [0.3, 0.4) is 0 Å². The van der Waals surface area contributed by atoms with Gasteiger partial charge in [0.15, 0.2) is 5.65 Å². The smallest absolute Gasteiger partial charge is 0.166 e. The predicted molar refractivity (Wildman–Crippen MR) is 62.3 cm³/mol. The summed E-state index contributed by atoms with van der Waals surface area (Å²) < 4.78 is 8.48. The molecular weight excluding hydrogens is 307 g/mol. The number of nitrogens with zero attached hydrogens (tertiary/aromatic N) is 4. The van der Waals surface area contributed by atoms with Crippen molar-refractivity contribution in [3.63, 3.8) is 0 Å². The van der Waals surface area contributed by atoms with E-state index in [1.165, 1.54) is 0 Å². The van der Waals surface area contributed by atoms with Gasteiger partial charge in [0, 0.05) is 6.61 Å². The van der Waals surface area contributed by atoms with Gasteiger partial charge in [-0.2, -0.15) is 0 Å². The number of aromatic nitrogens is 4. The van der Waals surface area contributed by atoms with Gasteiger partial charge in [-0.1, -0.05) is 0 Å². The first kappa shape index (κ1) is 9.46. The zero-order valence-electron chi connectivity index (χ0n) is 7.93. The highest BCUT2D eigenvalue weighted by Gasteiger charge is 2.20. The van der Waals surface area contributed by atoms with Crippen LogP contribution in [0.2, 0.25) is 0 Å². The highest BCUT2D eigenvalue weighted by molar-refractivity contribution is 14.1. The summed E-state index contributed by atoms with van der Waals surface area (Å²) in [6.07, 6.45) is 5.59. The van der Waals surface area contributed by atoms with Crippen molar-refractivity contribution in [2.75, 3.05) is 6.61 Å². The van der Waals surface area contributed by atoms with Gasteiger partial charge in [0.2, 0.25) is 0 Å². The second-order valence-electron chi connectivity index (χ2n) is 3.46. The van der Waals surface area contributed by atoms with Crippen molar-refractivity contribution in [1.82, 2.24) is 19.5 Å². The molecule has 2 aromatic rings. The van der Waals surface area contributed by atoms with Gasteiger partial charge in [-0.15, -0.1) is 0 Å². The first-order valence-corrected chi connectivity index (χ1v) is 5.89. The highest BCUT2D eigenvalue weighted by Crippen LogP contribution is 2.26. The molecule has 1 atom stereocenters. The summed E-state index contributed by atoms with van der Waals surface area (Å²) >= 11 is 2.17. The molecule has 15 heavy (non-hydrogen) atoms. The number of imidazole rings is 1. The Labute approximate surface area is 100 Å². The third kappa shape index (κ3) is 1.51. The van der Waals surface area contributed by atoms with Crippen LogP contribution in [0.1, 0.15) is 19.1 Å².